The number of hydrogen-bond donors (Lipinski definition) is 2. The van der Waals surface area contributed by atoms with Crippen LogP contribution in [0.15, 0.2) is 18.2 Å². The molecule has 0 saturated heterocycles. The van der Waals surface area contributed by atoms with Gasteiger partial charge in [-0.2, -0.15) is 0 Å². The predicted molar refractivity (Wildman–Crippen MR) is 54.8 cm³/mol. The number of hydrogen-bond acceptors (Lipinski definition) is 2. The Morgan fingerprint density at radius 1 is 1.54 bits per heavy atom. The largest absolute Gasteiger partial charge is 0.394 e. The van der Waals surface area contributed by atoms with Crippen LogP contribution in [0.25, 0.3) is 0 Å². The summed E-state index contributed by atoms with van der Waals surface area (Å²) in [6, 6.07) is 5.64. The molecular formula is C10H14ClNO. The molecule has 13 heavy (non-hydrogen) atoms. The first-order valence-corrected chi connectivity index (χ1v) is 4.52. The molecule has 0 heterocycles. The molecule has 2 nitrogen and oxygen atoms in total. The Labute approximate surface area is 83.3 Å². The zero-order chi connectivity index (χ0) is 10.1. The highest BCUT2D eigenvalue weighted by atomic mass is 35.5. The Hall–Kier alpha value is -0.570. The van der Waals surface area contributed by atoms with E-state index in [9.17, 15) is 0 Å². The molecule has 0 saturated carbocycles. The van der Waals surface area contributed by atoms with Gasteiger partial charge in [-0.15, -0.1) is 0 Å². The first-order chi connectivity index (χ1) is 5.99. The quantitative estimate of drug-likeness (QED) is 0.763. The van der Waals surface area contributed by atoms with E-state index in [1.165, 1.54) is 0 Å². The second-order valence-electron chi connectivity index (χ2n) is 3.51. The Bertz CT molecular complexity index is 310. The van der Waals surface area contributed by atoms with Crippen molar-refractivity contribution in [3.8, 4) is 0 Å². The molecule has 0 fully saturated rings. The molecule has 0 aliphatic carbocycles. The molecule has 3 N–H and O–H groups in total. The van der Waals surface area contributed by atoms with E-state index in [1.807, 2.05) is 25.1 Å². The molecule has 0 radical (unpaired) electrons. The van der Waals surface area contributed by atoms with Gasteiger partial charge in [-0.3, -0.25) is 0 Å². The van der Waals surface area contributed by atoms with Gasteiger partial charge in [-0.05, 0) is 25.0 Å². The van der Waals surface area contributed by atoms with E-state index in [2.05, 4.69) is 0 Å². The highest BCUT2D eigenvalue weighted by molar-refractivity contribution is 6.32. The van der Waals surface area contributed by atoms with E-state index in [0.29, 0.717) is 5.02 Å². The number of aliphatic hydroxyl groups excluding tert-OH is 1. The summed E-state index contributed by atoms with van der Waals surface area (Å²) in [6.45, 7) is 3.56. The van der Waals surface area contributed by atoms with Crippen LogP contribution in [-0.4, -0.2) is 11.7 Å². The van der Waals surface area contributed by atoms with E-state index >= 15 is 0 Å². The number of aliphatic hydroxyl groups is 1. The Morgan fingerprint density at radius 2 is 2.15 bits per heavy atom. The Kier molecular flexibility index (Phi) is 2.96. The highest BCUT2D eigenvalue weighted by Gasteiger charge is 2.23. The van der Waals surface area contributed by atoms with E-state index in [0.717, 1.165) is 11.1 Å². The van der Waals surface area contributed by atoms with Crippen molar-refractivity contribution in [1.82, 2.24) is 0 Å². The normalized spacial score (nSPS) is 15.5. The molecule has 0 aliphatic heterocycles. The Balaban J connectivity index is 3.22. The number of benzene rings is 1. The van der Waals surface area contributed by atoms with E-state index < -0.39 is 5.54 Å². The highest BCUT2D eigenvalue weighted by Crippen LogP contribution is 2.28. The first-order valence-electron chi connectivity index (χ1n) is 4.14. The monoisotopic (exact) mass is 199 g/mol. The van der Waals surface area contributed by atoms with Crippen molar-refractivity contribution >= 4 is 11.6 Å². The van der Waals surface area contributed by atoms with Gasteiger partial charge in [0.1, 0.15) is 0 Å². The maximum absolute atomic E-state index is 9.08. The number of nitrogens with two attached hydrogens (primary N) is 1. The molecular weight excluding hydrogens is 186 g/mol. The van der Waals surface area contributed by atoms with Crippen molar-refractivity contribution in [3.63, 3.8) is 0 Å². The van der Waals surface area contributed by atoms with Crippen molar-refractivity contribution < 1.29 is 5.11 Å². The van der Waals surface area contributed by atoms with Gasteiger partial charge in [0.05, 0.1) is 12.1 Å². The lowest BCUT2D eigenvalue weighted by Crippen LogP contribution is -2.37. The molecule has 0 amide bonds. The molecule has 0 aliphatic rings. The van der Waals surface area contributed by atoms with Crippen LogP contribution in [0.3, 0.4) is 0 Å². The lowest BCUT2D eigenvalue weighted by Gasteiger charge is -2.24. The third-order valence-corrected chi connectivity index (χ3v) is 2.64. The SMILES string of the molecule is Cc1cccc(C(C)(N)CO)c1Cl. The van der Waals surface area contributed by atoms with Crippen LogP contribution >= 0.6 is 11.6 Å². The number of rotatable bonds is 2. The molecule has 3 heteroatoms. The van der Waals surface area contributed by atoms with Crippen molar-refractivity contribution in [2.75, 3.05) is 6.61 Å². The van der Waals surface area contributed by atoms with E-state index in [1.54, 1.807) is 6.92 Å². The average Bonchev–Trinajstić information content (AvgIpc) is 2.09. The molecule has 1 aromatic carbocycles. The minimum absolute atomic E-state index is 0.115. The maximum atomic E-state index is 9.08. The Morgan fingerprint density at radius 3 is 2.69 bits per heavy atom. The molecule has 1 unspecified atom stereocenters. The van der Waals surface area contributed by atoms with Gasteiger partial charge in [-0.1, -0.05) is 29.8 Å². The molecule has 72 valence electrons. The standard InChI is InChI=1S/C10H14ClNO/c1-7-4-3-5-8(9(7)11)10(2,12)6-13/h3-5,13H,6,12H2,1-2H3. The zero-order valence-electron chi connectivity index (χ0n) is 7.84. The fourth-order valence-corrected chi connectivity index (χ4v) is 1.52. The van der Waals surface area contributed by atoms with Crippen molar-refractivity contribution in [2.24, 2.45) is 5.73 Å². The summed E-state index contributed by atoms with van der Waals surface area (Å²) in [5.74, 6) is 0. The van der Waals surface area contributed by atoms with Crippen LogP contribution < -0.4 is 5.73 Å². The summed E-state index contributed by atoms with van der Waals surface area (Å²) >= 11 is 6.07. The fourth-order valence-electron chi connectivity index (χ4n) is 1.17. The summed E-state index contributed by atoms with van der Waals surface area (Å²) in [4.78, 5) is 0. The number of halogens is 1. The van der Waals surface area contributed by atoms with Gasteiger partial charge in [0.2, 0.25) is 0 Å². The second kappa shape index (κ2) is 3.66. The van der Waals surface area contributed by atoms with Crippen LogP contribution in [0.4, 0.5) is 0 Å². The van der Waals surface area contributed by atoms with Crippen molar-refractivity contribution in [1.29, 1.82) is 0 Å². The molecule has 1 aromatic rings. The third-order valence-electron chi connectivity index (χ3n) is 2.14. The van der Waals surface area contributed by atoms with Crippen molar-refractivity contribution in [2.45, 2.75) is 19.4 Å². The minimum atomic E-state index is -0.761. The van der Waals surface area contributed by atoms with Gasteiger partial charge in [0, 0.05) is 5.02 Å². The summed E-state index contributed by atoms with van der Waals surface area (Å²) in [6.07, 6.45) is 0. The lowest BCUT2D eigenvalue weighted by atomic mass is 9.93. The maximum Gasteiger partial charge on any atom is 0.0651 e. The predicted octanol–water partition coefficient (Wildman–Crippen LogP) is 1.81. The first kappa shape index (κ1) is 10.5. The second-order valence-corrected chi connectivity index (χ2v) is 3.89. The van der Waals surface area contributed by atoms with Gasteiger partial charge >= 0.3 is 0 Å². The lowest BCUT2D eigenvalue weighted by molar-refractivity contribution is 0.210. The molecule has 0 spiro atoms. The van der Waals surface area contributed by atoms with Crippen LogP contribution in [0.1, 0.15) is 18.1 Å². The molecule has 1 atom stereocenters. The summed E-state index contributed by atoms with van der Waals surface area (Å²) in [7, 11) is 0. The topological polar surface area (TPSA) is 46.2 Å². The fraction of sp³-hybridized carbons (Fsp3) is 0.400. The van der Waals surface area contributed by atoms with Gasteiger partial charge in [0.25, 0.3) is 0 Å². The van der Waals surface area contributed by atoms with Crippen LogP contribution in [0.2, 0.25) is 5.02 Å². The van der Waals surface area contributed by atoms with E-state index in [-0.39, 0.29) is 6.61 Å². The van der Waals surface area contributed by atoms with Gasteiger partial charge < -0.3 is 10.8 Å². The average molecular weight is 200 g/mol. The van der Waals surface area contributed by atoms with Crippen LogP contribution in [-0.2, 0) is 5.54 Å². The van der Waals surface area contributed by atoms with E-state index in [4.69, 9.17) is 22.4 Å². The van der Waals surface area contributed by atoms with Gasteiger partial charge in [0.15, 0.2) is 0 Å². The summed E-state index contributed by atoms with van der Waals surface area (Å²) in [5, 5.41) is 9.72. The number of aryl methyl sites for hydroxylation is 1. The molecule has 0 bridgehead atoms. The zero-order valence-corrected chi connectivity index (χ0v) is 8.60. The minimum Gasteiger partial charge on any atom is -0.394 e. The summed E-state index contributed by atoms with van der Waals surface area (Å²) in [5.41, 5.74) is 6.88. The van der Waals surface area contributed by atoms with Crippen LogP contribution in [0, 0.1) is 6.92 Å². The third kappa shape index (κ3) is 2.02. The smallest absolute Gasteiger partial charge is 0.0651 e. The van der Waals surface area contributed by atoms with Crippen LogP contribution in [0.5, 0.6) is 0 Å². The molecule has 1 rings (SSSR count). The van der Waals surface area contributed by atoms with Crippen molar-refractivity contribution in [3.05, 3.63) is 34.3 Å². The van der Waals surface area contributed by atoms with Gasteiger partial charge in [-0.25, -0.2) is 0 Å². The molecule has 0 aromatic heterocycles. The summed E-state index contributed by atoms with van der Waals surface area (Å²) < 4.78 is 0.